The van der Waals surface area contributed by atoms with E-state index in [1.54, 1.807) is 29.0 Å². The van der Waals surface area contributed by atoms with Crippen molar-refractivity contribution in [2.75, 3.05) is 19.5 Å². The van der Waals surface area contributed by atoms with Gasteiger partial charge in [-0.2, -0.15) is 9.61 Å². The SMILES string of the molecule is COc1ccc(C(=O)NC(=S)Nc2cccc(-c3nn4cnnc4s3)c2)cc1OC. The second kappa shape index (κ2) is 8.43. The van der Waals surface area contributed by atoms with Crippen LogP contribution in [0.5, 0.6) is 11.5 Å². The molecule has 9 nitrogen and oxygen atoms in total. The molecule has 0 fully saturated rings. The van der Waals surface area contributed by atoms with E-state index in [0.29, 0.717) is 22.0 Å². The molecule has 1 amide bonds. The van der Waals surface area contributed by atoms with Gasteiger partial charge in [0.1, 0.15) is 11.3 Å². The van der Waals surface area contributed by atoms with Gasteiger partial charge >= 0.3 is 0 Å². The van der Waals surface area contributed by atoms with Gasteiger partial charge in [0.25, 0.3) is 5.91 Å². The minimum absolute atomic E-state index is 0.171. The fourth-order valence-corrected chi connectivity index (χ4v) is 3.75. The number of fused-ring (bicyclic) bond motifs is 1. The highest BCUT2D eigenvalue weighted by Crippen LogP contribution is 2.28. The summed E-state index contributed by atoms with van der Waals surface area (Å²) < 4.78 is 12.0. The van der Waals surface area contributed by atoms with Gasteiger partial charge in [-0.15, -0.1) is 10.2 Å². The van der Waals surface area contributed by atoms with Gasteiger partial charge < -0.3 is 14.8 Å². The van der Waals surface area contributed by atoms with Gasteiger partial charge in [0.05, 0.1) is 14.2 Å². The maximum atomic E-state index is 12.5. The summed E-state index contributed by atoms with van der Waals surface area (Å²) in [6, 6.07) is 12.4. The number of anilines is 1. The van der Waals surface area contributed by atoms with Crippen LogP contribution in [0.1, 0.15) is 10.4 Å². The van der Waals surface area contributed by atoms with Gasteiger partial charge in [0.2, 0.25) is 4.96 Å². The van der Waals surface area contributed by atoms with E-state index < -0.39 is 0 Å². The lowest BCUT2D eigenvalue weighted by atomic mass is 10.2. The summed E-state index contributed by atoms with van der Waals surface area (Å²) in [5.74, 6) is 0.636. The monoisotopic (exact) mass is 440 g/mol. The molecule has 11 heteroatoms. The lowest BCUT2D eigenvalue weighted by Gasteiger charge is -2.12. The number of aromatic nitrogens is 4. The average Bonchev–Trinajstić information content (AvgIpc) is 3.35. The second-order valence-corrected chi connectivity index (χ2v) is 7.39. The Balaban J connectivity index is 1.45. The Kier molecular flexibility index (Phi) is 5.55. The van der Waals surface area contributed by atoms with Crippen LogP contribution in [0.25, 0.3) is 15.5 Å². The third kappa shape index (κ3) is 4.07. The molecule has 4 aromatic rings. The molecule has 0 spiro atoms. The van der Waals surface area contributed by atoms with E-state index in [0.717, 1.165) is 16.3 Å². The number of methoxy groups -OCH3 is 2. The lowest BCUT2D eigenvalue weighted by Crippen LogP contribution is -2.34. The predicted molar refractivity (Wildman–Crippen MR) is 117 cm³/mol. The Morgan fingerprint density at radius 3 is 2.73 bits per heavy atom. The molecule has 0 bridgehead atoms. The third-order valence-electron chi connectivity index (χ3n) is 4.13. The van der Waals surface area contributed by atoms with Gasteiger partial charge in [0, 0.05) is 16.8 Å². The molecule has 0 saturated carbocycles. The van der Waals surface area contributed by atoms with Crippen LogP contribution < -0.4 is 20.1 Å². The number of ether oxygens (including phenoxy) is 2. The number of nitrogens with one attached hydrogen (secondary N) is 2. The maximum absolute atomic E-state index is 12.5. The molecule has 30 heavy (non-hydrogen) atoms. The number of amides is 1. The van der Waals surface area contributed by atoms with Crippen molar-refractivity contribution < 1.29 is 14.3 Å². The number of hydrogen-bond donors (Lipinski definition) is 2. The van der Waals surface area contributed by atoms with Gasteiger partial charge in [-0.25, -0.2) is 0 Å². The van der Waals surface area contributed by atoms with Crippen molar-refractivity contribution in [1.29, 1.82) is 0 Å². The Morgan fingerprint density at radius 2 is 1.97 bits per heavy atom. The molecule has 2 heterocycles. The molecule has 152 valence electrons. The van der Waals surface area contributed by atoms with Crippen LogP contribution in [-0.2, 0) is 0 Å². The lowest BCUT2D eigenvalue weighted by molar-refractivity contribution is 0.0977. The van der Waals surface area contributed by atoms with E-state index in [1.165, 1.54) is 25.6 Å². The van der Waals surface area contributed by atoms with E-state index in [9.17, 15) is 4.79 Å². The topological polar surface area (TPSA) is 103 Å². The van der Waals surface area contributed by atoms with Crippen LogP contribution in [0.2, 0.25) is 0 Å². The molecule has 0 aliphatic heterocycles. The zero-order valence-electron chi connectivity index (χ0n) is 15.9. The van der Waals surface area contributed by atoms with E-state index in [-0.39, 0.29) is 11.0 Å². The largest absolute Gasteiger partial charge is 0.493 e. The van der Waals surface area contributed by atoms with E-state index in [2.05, 4.69) is 25.9 Å². The van der Waals surface area contributed by atoms with Crippen molar-refractivity contribution in [2.24, 2.45) is 0 Å². The second-order valence-electron chi connectivity index (χ2n) is 6.02. The smallest absolute Gasteiger partial charge is 0.257 e. The summed E-state index contributed by atoms with van der Waals surface area (Å²) in [5, 5.41) is 18.9. The highest BCUT2D eigenvalue weighted by atomic mass is 32.1. The first-order valence-electron chi connectivity index (χ1n) is 8.69. The van der Waals surface area contributed by atoms with Gasteiger partial charge in [0.15, 0.2) is 16.6 Å². The fraction of sp³-hybridized carbons (Fsp3) is 0.105. The Bertz CT molecular complexity index is 1210. The molecule has 2 N–H and O–H groups in total. The number of rotatable bonds is 5. The summed E-state index contributed by atoms with van der Waals surface area (Å²) in [5.41, 5.74) is 2.01. The molecule has 0 unspecified atom stereocenters. The summed E-state index contributed by atoms with van der Waals surface area (Å²) in [6.07, 6.45) is 1.55. The molecule has 0 aliphatic carbocycles. The molecule has 0 atom stereocenters. The van der Waals surface area contributed by atoms with Crippen molar-refractivity contribution >= 4 is 45.2 Å². The average molecular weight is 441 g/mol. The highest BCUT2D eigenvalue weighted by Gasteiger charge is 2.13. The molecular weight excluding hydrogens is 424 g/mol. The molecule has 2 aromatic carbocycles. The zero-order chi connectivity index (χ0) is 21.1. The van der Waals surface area contributed by atoms with Crippen LogP contribution in [0.15, 0.2) is 48.8 Å². The summed E-state index contributed by atoms with van der Waals surface area (Å²) in [4.78, 5) is 13.2. The predicted octanol–water partition coefficient (Wildman–Crippen LogP) is 3.00. The summed E-state index contributed by atoms with van der Waals surface area (Å²) >= 11 is 6.71. The zero-order valence-corrected chi connectivity index (χ0v) is 17.6. The number of hydrogen-bond acceptors (Lipinski definition) is 8. The van der Waals surface area contributed by atoms with Crippen molar-refractivity contribution in [1.82, 2.24) is 25.1 Å². The van der Waals surface area contributed by atoms with E-state index >= 15 is 0 Å². The first-order valence-corrected chi connectivity index (χ1v) is 9.91. The van der Waals surface area contributed by atoms with E-state index in [4.69, 9.17) is 21.7 Å². The fourth-order valence-electron chi connectivity index (χ4n) is 2.72. The molecule has 4 rings (SSSR count). The Hall–Kier alpha value is -3.57. The van der Waals surface area contributed by atoms with Crippen LogP contribution in [-0.4, -0.2) is 45.1 Å². The van der Waals surface area contributed by atoms with Crippen LogP contribution in [0.4, 0.5) is 5.69 Å². The number of benzene rings is 2. The van der Waals surface area contributed by atoms with Crippen molar-refractivity contribution in [3.63, 3.8) is 0 Å². The first-order chi connectivity index (χ1) is 14.6. The number of nitrogens with zero attached hydrogens (tertiary/aromatic N) is 4. The quantitative estimate of drug-likeness (QED) is 0.457. The van der Waals surface area contributed by atoms with Gasteiger partial charge in [-0.1, -0.05) is 23.5 Å². The van der Waals surface area contributed by atoms with Crippen molar-refractivity contribution in [3.8, 4) is 22.1 Å². The summed E-state index contributed by atoms with van der Waals surface area (Å²) in [6.45, 7) is 0. The molecule has 0 radical (unpaired) electrons. The number of carbonyl (C=O) groups is 1. The molecule has 2 aromatic heterocycles. The molecular formula is C19H16N6O3S2. The van der Waals surface area contributed by atoms with Gasteiger partial charge in [-0.05, 0) is 42.5 Å². The van der Waals surface area contributed by atoms with Crippen LogP contribution >= 0.6 is 23.6 Å². The van der Waals surface area contributed by atoms with Crippen molar-refractivity contribution in [3.05, 3.63) is 54.4 Å². The minimum Gasteiger partial charge on any atom is -0.493 e. The number of carbonyl (C=O) groups excluding carboxylic acids is 1. The Morgan fingerprint density at radius 1 is 1.13 bits per heavy atom. The van der Waals surface area contributed by atoms with Crippen LogP contribution in [0, 0.1) is 0 Å². The van der Waals surface area contributed by atoms with Crippen LogP contribution in [0.3, 0.4) is 0 Å². The Labute approximate surface area is 180 Å². The first kappa shape index (κ1) is 19.7. The van der Waals surface area contributed by atoms with Crippen molar-refractivity contribution in [2.45, 2.75) is 0 Å². The summed E-state index contributed by atoms with van der Waals surface area (Å²) in [7, 11) is 3.04. The third-order valence-corrected chi connectivity index (χ3v) is 5.29. The molecule has 0 saturated heterocycles. The standard InChI is InChI=1S/C19H16N6O3S2/c1-27-14-7-6-11(9-15(14)28-2)16(26)22-18(29)21-13-5-3-4-12(8-13)17-24-25-10-20-23-19(25)30-17/h3-10H,1-2H3,(H2,21,22,26,29). The van der Waals surface area contributed by atoms with Gasteiger partial charge in [-0.3, -0.25) is 10.1 Å². The maximum Gasteiger partial charge on any atom is 0.257 e. The minimum atomic E-state index is -0.363. The normalized spacial score (nSPS) is 10.6. The highest BCUT2D eigenvalue weighted by molar-refractivity contribution is 7.80. The number of thiocarbonyl (C=S) groups is 1. The van der Waals surface area contributed by atoms with E-state index in [1.807, 2.05) is 24.3 Å². The molecule has 0 aliphatic rings.